The summed E-state index contributed by atoms with van der Waals surface area (Å²) in [6, 6.07) is 0. The van der Waals surface area contributed by atoms with Crippen molar-refractivity contribution >= 4 is 7.85 Å². The number of hydrogen-bond donors (Lipinski definition) is 1. The Morgan fingerprint density at radius 3 is 2.44 bits per heavy atom. The maximum Gasteiger partial charge on any atom is 0.0773 e. The lowest BCUT2D eigenvalue weighted by Gasteiger charge is -2.11. The molecule has 0 aliphatic heterocycles. The van der Waals surface area contributed by atoms with Gasteiger partial charge < -0.3 is 19.3 Å². The third-order valence-electron chi connectivity index (χ3n) is 2.11. The number of unbranched alkanes of at least 4 members (excludes halogenated alkanes) is 1. The number of ether oxygens (including phenoxy) is 3. The summed E-state index contributed by atoms with van der Waals surface area (Å²) in [6.45, 7) is 2.61. The Morgan fingerprint density at radius 1 is 1.06 bits per heavy atom. The van der Waals surface area contributed by atoms with Crippen molar-refractivity contribution in [2.75, 3.05) is 40.1 Å². The van der Waals surface area contributed by atoms with Crippen molar-refractivity contribution in [1.82, 2.24) is 0 Å². The van der Waals surface area contributed by atoms with Gasteiger partial charge in [-0.15, -0.1) is 0 Å². The highest BCUT2D eigenvalue weighted by Crippen LogP contribution is 2.02. The van der Waals surface area contributed by atoms with Crippen molar-refractivity contribution < 1.29 is 19.3 Å². The van der Waals surface area contributed by atoms with Crippen molar-refractivity contribution in [2.24, 2.45) is 0 Å². The highest BCUT2D eigenvalue weighted by atomic mass is 16.5. The van der Waals surface area contributed by atoms with Crippen LogP contribution in [0.4, 0.5) is 0 Å². The van der Waals surface area contributed by atoms with E-state index in [0.29, 0.717) is 39.4 Å². The van der Waals surface area contributed by atoms with E-state index in [1.165, 1.54) is 0 Å². The Morgan fingerprint density at radius 2 is 1.75 bits per heavy atom. The van der Waals surface area contributed by atoms with Crippen LogP contribution in [0.2, 0.25) is 6.32 Å². The SMILES string of the molecule is [B]CCCCC(O)COCCOCCOC. The quantitative estimate of drug-likeness (QED) is 0.397. The van der Waals surface area contributed by atoms with Gasteiger partial charge in [-0.25, -0.2) is 0 Å². The second kappa shape index (κ2) is 13.0. The molecule has 1 unspecified atom stereocenters. The summed E-state index contributed by atoms with van der Waals surface area (Å²) in [5.74, 6) is 0. The fourth-order valence-corrected chi connectivity index (χ4v) is 1.19. The first-order valence-corrected chi connectivity index (χ1v) is 5.83. The first-order chi connectivity index (χ1) is 7.81. The molecule has 0 aromatic heterocycles. The summed E-state index contributed by atoms with van der Waals surface area (Å²) < 4.78 is 15.3. The molecule has 1 atom stereocenters. The molecule has 0 bridgehead atoms. The van der Waals surface area contributed by atoms with Gasteiger partial charge in [0.05, 0.1) is 47.0 Å². The van der Waals surface area contributed by atoms with Crippen LogP contribution in [-0.4, -0.2) is 59.2 Å². The van der Waals surface area contributed by atoms with E-state index in [1.807, 2.05) is 0 Å². The van der Waals surface area contributed by atoms with Gasteiger partial charge >= 0.3 is 0 Å². The zero-order valence-electron chi connectivity index (χ0n) is 10.2. The van der Waals surface area contributed by atoms with Crippen LogP contribution in [0.1, 0.15) is 19.3 Å². The maximum atomic E-state index is 9.49. The Hall–Kier alpha value is -0.0951. The van der Waals surface area contributed by atoms with Gasteiger partial charge in [-0.05, 0) is 6.42 Å². The topological polar surface area (TPSA) is 47.9 Å². The molecule has 2 radical (unpaired) electrons. The van der Waals surface area contributed by atoms with E-state index in [0.717, 1.165) is 19.3 Å². The van der Waals surface area contributed by atoms with Gasteiger partial charge in [0.25, 0.3) is 0 Å². The Balaban J connectivity index is 3.06. The van der Waals surface area contributed by atoms with Crippen LogP contribution in [0.5, 0.6) is 0 Å². The molecule has 0 rings (SSSR count). The van der Waals surface area contributed by atoms with E-state index in [4.69, 9.17) is 22.1 Å². The lowest BCUT2D eigenvalue weighted by atomic mass is 9.98. The van der Waals surface area contributed by atoms with Crippen LogP contribution >= 0.6 is 0 Å². The lowest BCUT2D eigenvalue weighted by Crippen LogP contribution is -2.17. The molecule has 5 heteroatoms. The molecule has 4 nitrogen and oxygen atoms in total. The van der Waals surface area contributed by atoms with Crippen LogP contribution in [0.25, 0.3) is 0 Å². The van der Waals surface area contributed by atoms with Crippen LogP contribution in [0.15, 0.2) is 0 Å². The zero-order valence-corrected chi connectivity index (χ0v) is 10.2. The van der Waals surface area contributed by atoms with E-state index in [1.54, 1.807) is 7.11 Å². The van der Waals surface area contributed by atoms with E-state index in [-0.39, 0.29) is 6.10 Å². The van der Waals surface area contributed by atoms with E-state index < -0.39 is 0 Å². The Kier molecular flexibility index (Phi) is 12.9. The number of hydrogen-bond acceptors (Lipinski definition) is 4. The minimum Gasteiger partial charge on any atom is -0.391 e. The maximum absolute atomic E-state index is 9.49. The highest BCUT2D eigenvalue weighted by Gasteiger charge is 2.03. The van der Waals surface area contributed by atoms with Crippen LogP contribution in [-0.2, 0) is 14.2 Å². The highest BCUT2D eigenvalue weighted by molar-refractivity contribution is 6.08. The summed E-state index contributed by atoms with van der Waals surface area (Å²) in [5, 5.41) is 9.49. The number of aliphatic hydroxyl groups is 1. The Labute approximate surface area is 99.7 Å². The summed E-state index contributed by atoms with van der Waals surface area (Å²) in [6.07, 6.45) is 2.95. The van der Waals surface area contributed by atoms with Gasteiger partial charge in [0.2, 0.25) is 0 Å². The second-order valence-electron chi connectivity index (χ2n) is 3.62. The molecule has 0 heterocycles. The molecule has 0 saturated carbocycles. The fourth-order valence-electron chi connectivity index (χ4n) is 1.19. The first-order valence-electron chi connectivity index (χ1n) is 5.83. The second-order valence-corrected chi connectivity index (χ2v) is 3.62. The molecule has 16 heavy (non-hydrogen) atoms. The molecule has 94 valence electrons. The van der Waals surface area contributed by atoms with Gasteiger partial charge in [-0.1, -0.05) is 19.2 Å². The molecule has 0 aliphatic carbocycles. The molecule has 0 saturated heterocycles. The summed E-state index contributed by atoms with van der Waals surface area (Å²) in [7, 11) is 6.99. The molecule has 1 N–H and O–H groups in total. The average molecular weight is 230 g/mol. The molecule has 0 amide bonds. The standard InChI is InChI=1S/C11H23BO4/c1-14-6-7-15-8-9-16-10-11(13)4-2-3-5-12/h11,13H,2-10H2,1H3. The average Bonchev–Trinajstić information content (AvgIpc) is 2.28. The predicted octanol–water partition coefficient (Wildman–Crippen LogP) is 0.784. The largest absolute Gasteiger partial charge is 0.391 e. The summed E-state index contributed by atoms with van der Waals surface area (Å²) in [5.41, 5.74) is 0. The number of methoxy groups -OCH3 is 1. The predicted molar refractivity (Wildman–Crippen MR) is 63.9 cm³/mol. The molecule has 0 fully saturated rings. The van der Waals surface area contributed by atoms with Gasteiger partial charge in [-0.2, -0.15) is 0 Å². The van der Waals surface area contributed by atoms with Crippen molar-refractivity contribution in [2.45, 2.75) is 31.7 Å². The molecular weight excluding hydrogens is 207 g/mol. The third kappa shape index (κ3) is 12.0. The number of aliphatic hydroxyl groups excluding tert-OH is 1. The lowest BCUT2D eigenvalue weighted by molar-refractivity contribution is -0.00758. The third-order valence-corrected chi connectivity index (χ3v) is 2.11. The van der Waals surface area contributed by atoms with E-state index >= 15 is 0 Å². The van der Waals surface area contributed by atoms with Gasteiger partial charge in [-0.3, -0.25) is 0 Å². The van der Waals surface area contributed by atoms with E-state index in [2.05, 4.69) is 0 Å². The van der Waals surface area contributed by atoms with Crippen molar-refractivity contribution in [3.05, 3.63) is 0 Å². The Bertz CT molecular complexity index is 135. The molecule has 0 aliphatic rings. The van der Waals surface area contributed by atoms with Crippen molar-refractivity contribution in [1.29, 1.82) is 0 Å². The molecule has 0 aromatic rings. The van der Waals surface area contributed by atoms with Crippen LogP contribution in [0.3, 0.4) is 0 Å². The van der Waals surface area contributed by atoms with Gasteiger partial charge in [0.1, 0.15) is 0 Å². The van der Waals surface area contributed by atoms with Gasteiger partial charge in [0.15, 0.2) is 0 Å². The van der Waals surface area contributed by atoms with Crippen molar-refractivity contribution in [3.63, 3.8) is 0 Å². The fraction of sp³-hybridized carbons (Fsp3) is 1.00. The van der Waals surface area contributed by atoms with E-state index in [9.17, 15) is 5.11 Å². The zero-order chi connectivity index (χ0) is 12.1. The summed E-state index contributed by atoms with van der Waals surface area (Å²) in [4.78, 5) is 0. The minimum absolute atomic E-state index is 0.373. The van der Waals surface area contributed by atoms with Crippen molar-refractivity contribution in [3.8, 4) is 0 Å². The van der Waals surface area contributed by atoms with Gasteiger partial charge in [0, 0.05) is 7.11 Å². The molecular formula is C11H23BO4. The smallest absolute Gasteiger partial charge is 0.0773 e. The number of rotatable bonds is 12. The van der Waals surface area contributed by atoms with Crippen LogP contribution < -0.4 is 0 Å². The molecule has 0 aromatic carbocycles. The monoisotopic (exact) mass is 230 g/mol. The summed E-state index contributed by atoms with van der Waals surface area (Å²) >= 11 is 0. The normalized spacial score (nSPS) is 12.9. The molecule has 0 spiro atoms. The van der Waals surface area contributed by atoms with Crippen LogP contribution in [0, 0.1) is 0 Å². The first kappa shape index (κ1) is 15.9. The minimum atomic E-state index is -0.384.